The Bertz CT molecular complexity index is 949. The van der Waals surface area contributed by atoms with Gasteiger partial charge in [0.2, 0.25) is 5.60 Å². The van der Waals surface area contributed by atoms with Gasteiger partial charge in [-0.25, -0.2) is 0 Å². The number of hydrogen-bond donors (Lipinski definition) is 4. The molecule has 0 saturated carbocycles. The SMILES string of the molecule is N[C@@H](CC(=O)O)C(=O)OC(Cc1ccccc1)(C(=O)[C@@H](N)CCC(=O)O)c1ccccc1. The van der Waals surface area contributed by atoms with Gasteiger partial charge in [-0.1, -0.05) is 60.7 Å². The molecule has 0 aromatic heterocycles. The summed E-state index contributed by atoms with van der Waals surface area (Å²) in [5.74, 6) is -4.20. The van der Waals surface area contributed by atoms with E-state index in [9.17, 15) is 19.2 Å². The monoisotopic (exact) mass is 442 g/mol. The van der Waals surface area contributed by atoms with E-state index < -0.39 is 47.8 Å². The van der Waals surface area contributed by atoms with Gasteiger partial charge in [0.25, 0.3) is 0 Å². The topological polar surface area (TPSA) is 170 Å². The van der Waals surface area contributed by atoms with Crippen LogP contribution in [0.2, 0.25) is 0 Å². The second kappa shape index (κ2) is 11.2. The molecule has 0 aliphatic carbocycles. The Kier molecular flexibility index (Phi) is 8.62. The smallest absolute Gasteiger partial charge is 0.324 e. The predicted molar refractivity (Wildman–Crippen MR) is 114 cm³/mol. The molecule has 0 radical (unpaired) electrons. The van der Waals surface area contributed by atoms with E-state index in [2.05, 4.69) is 0 Å². The Morgan fingerprint density at radius 2 is 1.41 bits per heavy atom. The van der Waals surface area contributed by atoms with Crippen LogP contribution in [-0.2, 0) is 35.9 Å². The van der Waals surface area contributed by atoms with Crippen LogP contribution in [-0.4, -0.2) is 46.0 Å². The molecule has 0 heterocycles. The van der Waals surface area contributed by atoms with Crippen LogP contribution in [0, 0.1) is 0 Å². The van der Waals surface area contributed by atoms with Crippen LogP contribution >= 0.6 is 0 Å². The van der Waals surface area contributed by atoms with Crippen LogP contribution in [0.5, 0.6) is 0 Å². The molecular formula is C23H26N2O7. The maximum absolute atomic E-state index is 13.6. The third-order valence-electron chi connectivity index (χ3n) is 4.91. The molecule has 170 valence electrons. The molecule has 2 aromatic carbocycles. The van der Waals surface area contributed by atoms with Crippen molar-refractivity contribution in [2.45, 2.75) is 43.4 Å². The lowest BCUT2D eigenvalue weighted by Crippen LogP contribution is -2.52. The first-order valence-corrected chi connectivity index (χ1v) is 9.97. The highest BCUT2D eigenvalue weighted by Gasteiger charge is 2.47. The quantitative estimate of drug-likeness (QED) is 0.353. The third kappa shape index (κ3) is 6.47. The molecule has 2 aromatic rings. The van der Waals surface area contributed by atoms with Crippen LogP contribution in [0.1, 0.15) is 30.4 Å². The summed E-state index contributed by atoms with van der Waals surface area (Å²) in [7, 11) is 0. The Morgan fingerprint density at radius 3 is 1.94 bits per heavy atom. The van der Waals surface area contributed by atoms with E-state index in [1.54, 1.807) is 60.7 Å². The average Bonchev–Trinajstić information content (AvgIpc) is 2.77. The van der Waals surface area contributed by atoms with Gasteiger partial charge in [-0.15, -0.1) is 0 Å². The molecule has 0 amide bonds. The van der Waals surface area contributed by atoms with Gasteiger partial charge in [-0.05, 0) is 12.0 Å². The van der Waals surface area contributed by atoms with Crippen molar-refractivity contribution in [2.24, 2.45) is 11.5 Å². The first-order chi connectivity index (χ1) is 15.2. The van der Waals surface area contributed by atoms with E-state index >= 15 is 0 Å². The summed E-state index contributed by atoms with van der Waals surface area (Å²) in [6, 6.07) is 14.2. The van der Waals surface area contributed by atoms with Gasteiger partial charge in [0.1, 0.15) is 6.04 Å². The number of carbonyl (C=O) groups excluding carboxylic acids is 2. The standard InChI is InChI=1S/C23H26N2O7/c24-17(11-12-19(26)27)21(30)23(16-9-5-2-6-10-16,14-15-7-3-1-4-8-15)32-22(31)18(25)13-20(28)29/h1-10,17-18H,11-14,24-25H2,(H,26,27)(H,28,29)/t17-,18-,23?/m0/s1. The van der Waals surface area contributed by atoms with Gasteiger partial charge >= 0.3 is 17.9 Å². The van der Waals surface area contributed by atoms with Crippen molar-refractivity contribution >= 4 is 23.7 Å². The van der Waals surface area contributed by atoms with E-state index in [1.165, 1.54) is 0 Å². The molecule has 3 atom stereocenters. The predicted octanol–water partition coefficient (Wildman–Crippen LogP) is 1.23. The Morgan fingerprint density at radius 1 is 0.844 bits per heavy atom. The molecule has 1 unspecified atom stereocenters. The van der Waals surface area contributed by atoms with Crippen molar-refractivity contribution in [2.75, 3.05) is 0 Å². The molecule has 2 rings (SSSR count). The number of aliphatic carboxylic acids is 2. The maximum Gasteiger partial charge on any atom is 0.324 e. The van der Waals surface area contributed by atoms with Gasteiger partial charge in [-0.3, -0.25) is 19.2 Å². The number of ketones is 1. The van der Waals surface area contributed by atoms with E-state index in [1.807, 2.05) is 0 Å². The number of carboxylic acid groups (broad SMARTS) is 2. The fourth-order valence-corrected chi connectivity index (χ4v) is 3.30. The van der Waals surface area contributed by atoms with Gasteiger partial charge in [0.05, 0.1) is 12.5 Å². The summed E-state index contributed by atoms with van der Waals surface area (Å²) in [5, 5.41) is 17.9. The maximum atomic E-state index is 13.6. The molecule has 0 saturated heterocycles. The fourth-order valence-electron chi connectivity index (χ4n) is 3.30. The lowest BCUT2D eigenvalue weighted by molar-refractivity contribution is -0.172. The number of carboxylic acids is 2. The van der Waals surface area contributed by atoms with E-state index in [0.29, 0.717) is 11.1 Å². The zero-order chi connectivity index (χ0) is 23.7. The summed E-state index contributed by atoms with van der Waals surface area (Å²) >= 11 is 0. The molecule has 0 aliphatic heterocycles. The lowest BCUT2D eigenvalue weighted by Gasteiger charge is -2.35. The summed E-state index contributed by atoms with van der Waals surface area (Å²) in [6.45, 7) is 0. The molecular weight excluding hydrogens is 416 g/mol. The van der Waals surface area contributed by atoms with Gasteiger partial charge in [0, 0.05) is 18.4 Å². The molecule has 9 nitrogen and oxygen atoms in total. The normalized spacial score (nSPS) is 14.6. The highest BCUT2D eigenvalue weighted by Crippen LogP contribution is 2.33. The largest absolute Gasteiger partial charge is 0.481 e. The number of esters is 1. The van der Waals surface area contributed by atoms with Crippen LogP contribution in [0.3, 0.4) is 0 Å². The number of ether oxygens (including phenoxy) is 1. The van der Waals surface area contributed by atoms with Crippen LogP contribution < -0.4 is 11.5 Å². The number of benzene rings is 2. The van der Waals surface area contributed by atoms with Crippen molar-refractivity contribution in [1.29, 1.82) is 0 Å². The zero-order valence-electron chi connectivity index (χ0n) is 17.3. The summed E-state index contributed by atoms with van der Waals surface area (Å²) < 4.78 is 5.68. The molecule has 6 N–H and O–H groups in total. The minimum Gasteiger partial charge on any atom is -0.481 e. The van der Waals surface area contributed by atoms with E-state index in [4.69, 9.17) is 26.4 Å². The lowest BCUT2D eigenvalue weighted by atomic mass is 9.79. The minimum absolute atomic E-state index is 0.0943. The van der Waals surface area contributed by atoms with Gasteiger partial charge < -0.3 is 26.4 Å². The van der Waals surface area contributed by atoms with Crippen molar-refractivity contribution in [3.63, 3.8) is 0 Å². The van der Waals surface area contributed by atoms with Crippen molar-refractivity contribution in [3.8, 4) is 0 Å². The first kappa shape index (κ1) is 24.7. The molecule has 0 fully saturated rings. The molecule has 32 heavy (non-hydrogen) atoms. The zero-order valence-corrected chi connectivity index (χ0v) is 17.3. The third-order valence-corrected chi connectivity index (χ3v) is 4.91. The molecule has 0 bridgehead atoms. The van der Waals surface area contributed by atoms with Crippen LogP contribution in [0.15, 0.2) is 60.7 Å². The number of nitrogens with two attached hydrogens (primary N) is 2. The van der Waals surface area contributed by atoms with E-state index in [0.717, 1.165) is 0 Å². The number of carbonyl (C=O) groups is 4. The second-order valence-corrected chi connectivity index (χ2v) is 7.38. The van der Waals surface area contributed by atoms with Gasteiger partial charge in [-0.2, -0.15) is 0 Å². The van der Waals surface area contributed by atoms with Crippen molar-refractivity contribution in [3.05, 3.63) is 71.8 Å². The Hall–Kier alpha value is -3.56. The fraction of sp³-hybridized carbons (Fsp3) is 0.304. The van der Waals surface area contributed by atoms with Crippen LogP contribution in [0.25, 0.3) is 0 Å². The molecule has 0 aliphatic rings. The summed E-state index contributed by atoms with van der Waals surface area (Å²) in [6.07, 6.45) is -1.30. The van der Waals surface area contributed by atoms with Gasteiger partial charge in [0.15, 0.2) is 5.78 Å². The average molecular weight is 442 g/mol. The number of rotatable bonds is 12. The van der Waals surface area contributed by atoms with Crippen molar-refractivity contribution in [1.82, 2.24) is 0 Å². The van der Waals surface area contributed by atoms with Crippen molar-refractivity contribution < 1.29 is 34.1 Å². The Labute approximate surface area is 185 Å². The minimum atomic E-state index is -1.92. The first-order valence-electron chi connectivity index (χ1n) is 9.97. The van der Waals surface area contributed by atoms with Crippen LogP contribution in [0.4, 0.5) is 0 Å². The summed E-state index contributed by atoms with van der Waals surface area (Å²) in [5.41, 5.74) is 10.8. The highest BCUT2D eigenvalue weighted by molar-refractivity contribution is 5.96. The molecule has 9 heteroatoms. The Balaban J connectivity index is 2.55. The number of Topliss-reactive ketones (excluding diaryl/α,β-unsaturated/α-hetero) is 1. The molecule has 0 spiro atoms. The highest BCUT2D eigenvalue weighted by atomic mass is 16.6. The number of hydrogen-bond acceptors (Lipinski definition) is 7. The van der Waals surface area contributed by atoms with E-state index in [-0.39, 0.29) is 19.3 Å². The summed E-state index contributed by atoms with van der Waals surface area (Å²) in [4.78, 5) is 48.3. The second-order valence-electron chi connectivity index (χ2n) is 7.38.